The van der Waals surface area contributed by atoms with E-state index in [0.29, 0.717) is 6.42 Å². The summed E-state index contributed by atoms with van der Waals surface area (Å²) >= 11 is 0. The molecular formula is C14H15FO3. The van der Waals surface area contributed by atoms with Crippen molar-refractivity contribution >= 4 is 11.8 Å². The monoisotopic (exact) mass is 250 g/mol. The first-order chi connectivity index (χ1) is 8.58. The van der Waals surface area contributed by atoms with Crippen LogP contribution in [0.2, 0.25) is 0 Å². The van der Waals surface area contributed by atoms with Crippen molar-refractivity contribution < 1.29 is 18.7 Å². The van der Waals surface area contributed by atoms with Gasteiger partial charge in [0.25, 0.3) is 0 Å². The zero-order chi connectivity index (χ0) is 13.4. The molecule has 0 aromatic heterocycles. The molecule has 1 aromatic rings. The molecule has 18 heavy (non-hydrogen) atoms. The Hall–Kier alpha value is -1.97. The third-order valence-electron chi connectivity index (χ3n) is 2.17. The van der Waals surface area contributed by atoms with Crippen molar-refractivity contribution in [3.05, 3.63) is 47.8 Å². The minimum absolute atomic E-state index is 0.298. The predicted octanol–water partition coefficient (Wildman–Crippen LogP) is 2.60. The topological polar surface area (TPSA) is 43.4 Å². The molecule has 0 amide bonds. The minimum Gasteiger partial charge on any atom is -0.458 e. The minimum atomic E-state index is -0.703. The summed E-state index contributed by atoms with van der Waals surface area (Å²) in [5.41, 5.74) is 0.975. The zero-order valence-corrected chi connectivity index (χ0v) is 10.2. The molecule has 0 fully saturated rings. The molecule has 1 rings (SSSR count). The first kappa shape index (κ1) is 14.1. The van der Waals surface area contributed by atoms with Crippen LogP contribution >= 0.6 is 0 Å². The van der Waals surface area contributed by atoms with Gasteiger partial charge >= 0.3 is 5.97 Å². The lowest BCUT2D eigenvalue weighted by Crippen LogP contribution is -2.10. The van der Waals surface area contributed by atoms with E-state index in [1.807, 2.05) is 30.3 Å². The van der Waals surface area contributed by atoms with Crippen molar-refractivity contribution in [3.8, 4) is 0 Å². The Morgan fingerprint density at radius 2 is 1.94 bits per heavy atom. The second kappa shape index (κ2) is 7.37. The van der Waals surface area contributed by atoms with Gasteiger partial charge in [0.2, 0.25) is 0 Å². The summed E-state index contributed by atoms with van der Waals surface area (Å²) in [5, 5.41) is 0. The fourth-order valence-corrected chi connectivity index (χ4v) is 1.31. The lowest BCUT2D eigenvalue weighted by atomic mass is 10.1. The van der Waals surface area contributed by atoms with E-state index < -0.39 is 18.4 Å². The lowest BCUT2D eigenvalue weighted by molar-refractivity contribution is -0.145. The molecule has 0 heterocycles. The highest BCUT2D eigenvalue weighted by Crippen LogP contribution is 2.05. The van der Waals surface area contributed by atoms with Gasteiger partial charge in [0.05, 0.1) is 0 Å². The highest BCUT2D eigenvalue weighted by atomic mass is 19.1. The van der Waals surface area contributed by atoms with Gasteiger partial charge in [0.1, 0.15) is 24.6 Å². The van der Waals surface area contributed by atoms with E-state index >= 15 is 0 Å². The van der Waals surface area contributed by atoms with Crippen LogP contribution in [0.5, 0.6) is 0 Å². The van der Waals surface area contributed by atoms with Crippen molar-refractivity contribution in [2.45, 2.75) is 19.8 Å². The number of ketones is 1. The van der Waals surface area contributed by atoms with Gasteiger partial charge in [-0.05, 0) is 25.0 Å². The van der Waals surface area contributed by atoms with Gasteiger partial charge in [0, 0.05) is 0 Å². The molecular weight excluding hydrogens is 235 g/mol. The van der Waals surface area contributed by atoms with Gasteiger partial charge in [-0.1, -0.05) is 30.3 Å². The molecule has 0 bridgehead atoms. The van der Waals surface area contributed by atoms with E-state index in [2.05, 4.69) is 4.74 Å². The van der Waals surface area contributed by atoms with Gasteiger partial charge in [-0.25, -0.2) is 4.39 Å². The van der Waals surface area contributed by atoms with Crippen LogP contribution in [0, 0.1) is 0 Å². The molecule has 0 aliphatic carbocycles. The Labute approximate surface area is 105 Å². The quantitative estimate of drug-likeness (QED) is 0.575. The maximum absolute atomic E-state index is 13.3. The Balaban J connectivity index is 2.34. The van der Waals surface area contributed by atoms with Crippen LogP contribution in [0.3, 0.4) is 0 Å². The zero-order valence-electron chi connectivity index (χ0n) is 10.2. The van der Waals surface area contributed by atoms with E-state index in [9.17, 15) is 14.0 Å². The van der Waals surface area contributed by atoms with Gasteiger partial charge in [-0.3, -0.25) is 9.59 Å². The number of hydrogen-bond acceptors (Lipinski definition) is 3. The van der Waals surface area contributed by atoms with Gasteiger partial charge in [0.15, 0.2) is 0 Å². The Kier molecular flexibility index (Phi) is 5.77. The number of allylic oxidation sites excluding steroid dienone is 1. The van der Waals surface area contributed by atoms with Crippen molar-refractivity contribution in [2.75, 3.05) is 6.61 Å². The van der Waals surface area contributed by atoms with E-state index in [0.717, 1.165) is 5.56 Å². The van der Waals surface area contributed by atoms with Crippen molar-refractivity contribution in [2.24, 2.45) is 0 Å². The molecule has 96 valence electrons. The summed E-state index contributed by atoms with van der Waals surface area (Å²) in [6, 6.07) is 9.38. The number of carbonyl (C=O) groups excluding carboxylic acids is 2. The first-order valence-corrected chi connectivity index (χ1v) is 5.61. The van der Waals surface area contributed by atoms with Crippen LogP contribution in [-0.4, -0.2) is 18.4 Å². The predicted molar refractivity (Wildman–Crippen MR) is 65.6 cm³/mol. The number of Topliss-reactive ketones (excluding diaryl/α,β-unsaturated/α-hetero) is 1. The average molecular weight is 250 g/mol. The van der Waals surface area contributed by atoms with Crippen LogP contribution in [0.25, 0.3) is 0 Å². The Morgan fingerprint density at radius 1 is 1.28 bits per heavy atom. The van der Waals surface area contributed by atoms with Crippen LogP contribution in [-0.2, 0) is 20.7 Å². The number of halogens is 1. The Bertz CT molecular complexity index is 438. The molecule has 3 nitrogen and oxygen atoms in total. The number of esters is 1. The van der Waals surface area contributed by atoms with E-state index in [1.165, 1.54) is 13.0 Å². The molecule has 0 radical (unpaired) electrons. The molecule has 0 saturated carbocycles. The van der Waals surface area contributed by atoms with Crippen molar-refractivity contribution in [3.63, 3.8) is 0 Å². The molecule has 0 N–H and O–H groups in total. The highest BCUT2D eigenvalue weighted by molar-refractivity contribution is 5.94. The number of carbonyl (C=O) groups is 2. The van der Waals surface area contributed by atoms with Gasteiger partial charge < -0.3 is 4.74 Å². The van der Waals surface area contributed by atoms with Crippen LogP contribution in [0.1, 0.15) is 18.9 Å². The summed E-state index contributed by atoms with van der Waals surface area (Å²) < 4.78 is 17.9. The molecule has 0 aliphatic rings. The molecule has 0 saturated heterocycles. The van der Waals surface area contributed by atoms with Crippen LogP contribution in [0.4, 0.5) is 4.39 Å². The molecule has 0 unspecified atom stereocenters. The largest absolute Gasteiger partial charge is 0.458 e. The summed E-state index contributed by atoms with van der Waals surface area (Å²) in [5.74, 6) is -1.52. The number of benzene rings is 1. The third-order valence-corrected chi connectivity index (χ3v) is 2.17. The smallest absolute Gasteiger partial charge is 0.313 e. The molecule has 4 heteroatoms. The number of ether oxygens (including phenoxy) is 1. The van der Waals surface area contributed by atoms with E-state index in [4.69, 9.17) is 0 Å². The maximum atomic E-state index is 13.3. The fourth-order valence-electron chi connectivity index (χ4n) is 1.31. The number of hydrogen-bond donors (Lipinski definition) is 0. The molecule has 0 spiro atoms. The summed E-state index contributed by atoms with van der Waals surface area (Å²) in [6.07, 6.45) is 1.49. The lowest BCUT2D eigenvalue weighted by Gasteiger charge is -2.01. The van der Waals surface area contributed by atoms with Gasteiger partial charge in [-0.2, -0.15) is 0 Å². The molecule has 0 aliphatic heterocycles. The fraction of sp³-hybridized carbons (Fsp3) is 0.286. The summed E-state index contributed by atoms with van der Waals surface area (Å²) in [6.45, 7) is 0.863. The third kappa shape index (κ3) is 5.94. The van der Waals surface area contributed by atoms with Crippen LogP contribution < -0.4 is 0 Å². The maximum Gasteiger partial charge on any atom is 0.313 e. The number of rotatable bonds is 6. The van der Waals surface area contributed by atoms with Gasteiger partial charge in [-0.15, -0.1) is 0 Å². The highest BCUT2D eigenvalue weighted by Gasteiger charge is 2.07. The summed E-state index contributed by atoms with van der Waals surface area (Å²) in [7, 11) is 0. The van der Waals surface area contributed by atoms with Crippen molar-refractivity contribution in [1.29, 1.82) is 0 Å². The Morgan fingerprint density at radius 3 is 2.56 bits per heavy atom. The van der Waals surface area contributed by atoms with Crippen LogP contribution in [0.15, 0.2) is 42.2 Å². The average Bonchev–Trinajstić information content (AvgIpc) is 2.34. The normalized spacial score (nSPS) is 11.1. The summed E-state index contributed by atoms with van der Waals surface area (Å²) in [4.78, 5) is 21.6. The van der Waals surface area contributed by atoms with E-state index in [1.54, 1.807) is 0 Å². The molecule has 1 aromatic carbocycles. The SMILES string of the molecule is CC(=O)CC(=O)OC/C(F)=C/Cc1ccccc1. The second-order valence-electron chi connectivity index (χ2n) is 3.88. The van der Waals surface area contributed by atoms with Crippen molar-refractivity contribution in [1.82, 2.24) is 0 Å². The van der Waals surface area contributed by atoms with E-state index in [-0.39, 0.29) is 12.2 Å². The standard InChI is InChI=1S/C14H15FO3/c1-11(16)9-14(17)18-10-13(15)8-7-12-5-3-2-4-6-12/h2-6,8H,7,9-10H2,1H3/b13-8-. The molecule has 0 atom stereocenters. The first-order valence-electron chi connectivity index (χ1n) is 5.61. The second-order valence-corrected chi connectivity index (χ2v) is 3.88.